The Morgan fingerprint density at radius 3 is 1.17 bits per heavy atom. The molecular weight excluding hydrogens is 855 g/mol. The van der Waals surface area contributed by atoms with E-state index in [1.165, 1.54) is 108 Å². The van der Waals surface area contributed by atoms with Crippen molar-refractivity contribution in [3.63, 3.8) is 0 Å². The van der Waals surface area contributed by atoms with Crippen molar-refractivity contribution in [1.29, 1.82) is 0 Å². The van der Waals surface area contributed by atoms with E-state index >= 15 is 0 Å². The number of fused-ring (bicyclic) bond motifs is 6. The second-order valence-electron chi connectivity index (χ2n) is 19.4. The van der Waals surface area contributed by atoms with Gasteiger partial charge in [0, 0.05) is 27.9 Å². The highest BCUT2D eigenvalue weighted by Gasteiger charge is 2.41. The lowest BCUT2D eigenvalue weighted by Crippen LogP contribution is -2.23. The first kappa shape index (κ1) is 50.2. The highest BCUT2D eigenvalue weighted by atomic mass is 15.1. The predicted molar refractivity (Wildman–Crippen MR) is 308 cm³/mol. The average molecular weight is 928 g/mol. The van der Waals surface area contributed by atoms with Crippen LogP contribution in [0.5, 0.6) is 0 Å². The van der Waals surface area contributed by atoms with Gasteiger partial charge in [0.1, 0.15) is 0 Å². The maximum Gasteiger partial charge on any atom is 0.0467 e. The van der Waals surface area contributed by atoms with E-state index < -0.39 is 0 Å². The molecule has 0 atom stereocenters. The van der Waals surface area contributed by atoms with Crippen LogP contribution in [-0.2, 0) is 17.3 Å². The monoisotopic (exact) mass is 928 g/mol. The summed E-state index contributed by atoms with van der Waals surface area (Å²) >= 11 is 0. The normalized spacial score (nSPS) is 12.8. The van der Waals surface area contributed by atoms with Gasteiger partial charge in [-0.1, -0.05) is 228 Å². The Morgan fingerprint density at radius 2 is 0.690 bits per heavy atom. The van der Waals surface area contributed by atoms with Gasteiger partial charge in [0.15, 0.2) is 0 Å². The third-order valence-corrected chi connectivity index (χ3v) is 15.5. The number of para-hydroxylation sites is 1. The molecule has 2 aliphatic carbocycles. The molecule has 11 rings (SSSR count). The molecule has 2 aliphatic rings. The van der Waals surface area contributed by atoms with E-state index in [0.717, 1.165) is 19.3 Å². The third-order valence-electron chi connectivity index (χ3n) is 15.5. The third kappa shape index (κ3) is 10.2. The second-order valence-corrected chi connectivity index (χ2v) is 19.4. The predicted octanol–water partition coefficient (Wildman–Crippen LogP) is 19.9. The standard InChI is InChI=1S/C37H35N.C19H22.2C7H8/c1-5-37(6-2)35-19-13-12-18-32(35)33-23-22-30(25-36(33)37)38(28-15-8-7-9-16-28)29-21-20-27(4)34(24-29)31-17-11-10-14-26(31)3;1-4-14-11-12-16-15-9-7-8-10-17(15)19(5-2,6-3)18(16)13-14;2*1-7-5-3-2-4-6-7/h7-25H,5-6H2,1-4H3;7-13H,4-6H2,1-3H3;2*2-6H,1H3. The maximum absolute atomic E-state index is 2.46. The van der Waals surface area contributed by atoms with Crippen LogP contribution in [0.3, 0.4) is 0 Å². The average Bonchev–Trinajstić information content (AvgIpc) is 3.87. The zero-order valence-electron chi connectivity index (χ0n) is 43.8. The Hall–Kier alpha value is -7.22. The van der Waals surface area contributed by atoms with Crippen LogP contribution in [0, 0.1) is 27.7 Å². The molecule has 0 saturated carbocycles. The van der Waals surface area contributed by atoms with E-state index in [9.17, 15) is 0 Å². The van der Waals surface area contributed by atoms with Gasteiger partial charge in [-0.05, 0) is 169 Å². The highest BCUT2D eigenvalue weighted by Crippen LogP contribution is 2.55. The van der Waals surface area contributed by atoms with E-state index in [0.29, 0.717) is 0 Å². The van der Waals surface area contributed by atoms with Crippen molar-refractivity contribution < 1.29 is 0 Å². The van der Waals surface area contributed by atoms with E-state index in [1.54, 1.807) is 5.56 Å². The van der Waals surface area contributed by atoms with Gasteiger partial charge in [0.2, 0.25) is 0 Å². The Labute approximate surface area is 426 Å². The second kappa shape index (κ2) is 22.7. The van der Waals surface area contributed by atoms with Crippen molar-refractivity contribution in [3.05, 3.63) is 268 Å². The molecule has 1 heteroatoms. The van der Waals surface area contributed by atoms with Crippen LogP contribution in [0.25, 0.3) is 33.4 Å². The maximum atomic E-state index is 2.46. The minimum absolute atomic E-state index is 0.0455. The molecule has 358 valence electrons. The van der Waals surface area contributed by atoms with Gasteiger partial charge in [-0.15, -0.1) is 0 Å². The molecule has 0 amide bonds. The van der Waals surface area contributed by atoms with Gasteiger partial charge in [0.25, 0.3) is 0 Å². The molecule has 1 nitrogen and oxygen atoms in total. The summed E-state index contributed by atoms with van der Waals surface area (Å²) in [6, 6.07) is 79.0. The fourth-order valence-corrected chi connectivity index (χ4v) is 11.3. The summed E-state index contributed by atoms with van der Waals surface area (Å²) in [6.45, 7) is 20.1. The molecule has 9 aromatic carbocycles. The van der Waals surface area contributed by atoms with Crippen LogP contribution in [0.4, 0.5) is 17.1 Å². The molecule has 0 aromatic heterocycles. The van der Waals surface area contributed by atoms with Crippen LogP contribution in [0.1, 0.15) is 110 Å². The van der Waals surface area contributed by atoms with Crippen LogP contribution in [0.15, 0.2) is 218 Å². The van der Waals surface area contributed by atoms with Crippen LogP contribution < -0.4 is 4.90 Å². The van der Waals surface area contributed by atoms with Crippen molar-refractivity contribution in [3.8, 4) is 33.4 Å². The molecule has 71 heavy (non-hydrogen) atoms. The van der Waals surface area contributed by atoms with Gasteiger partial charge in [-0.2, -0.15) is 0 Å². The Morgan fingerprint density at radius 1 is 0.296 bits per heavy atom. The number of hydrogen-bond acceptors (Lipinski definition) is 1. The highest BCUT2D eigenvalue weighted by molar-refractivity contribution is 5.87. The van der Waals surface area contributed by atoms with Crippen molar-refractivity contribution in [1.82, 2.24) is 0 Å². The number of anilines is 3. The van der Waals surface area contributed by atoms with Crippen LogP contribution in [-0.4, -0.2) is 0 Å². The molecule has 0 saturated heterocycles. The van der Waals surface area contributed by atoms with Crippen molar-refractivity contribution in [2.45, 2.75) is 105 Å². The molecular formula is C70H73N. The summed E-state index contributed by atoms with van der Waals surface area (Å²) in [4.78, 5) is 2.42. The smallest absolute Gasteiger partial charge is 0.0467 e. The summed E-state index contributed by atoms with van der Waals surface area (Å²) in [5.41, 5.74) is 24.8. The molecule has 0 heterocycles. The summed E-state index contributed by atoms with van der Waals surface area (Å²) in [5.74, 6) is 0. The molecule has 0 spiro atoms. The zero-order valence-corrected chi connectivity index (χ0v) is 43.8. The number of benzene rings is 9. The number of nitrogens with zero attached hydrogens (tertiary/aromatic N) is 1. The summed E-state index contributed by atoms with van der Waals surface area (Å²) in [6.07, 6.45) is 5.66. The summed E-state index contributed by atoms with van der Waals surface area (Å²) in [5, 5.41) is 0. The van der Waals surface area contributed by atoms with E-state index in [4.69, 9.17) is 0 Å². The van der Waals surface area contributed by atoms with Gasteiger partial charge in [-0.25, -0.2) is 0 Å². The van der Waals surface area contributed by atoms with Crippen molar-refractivity contribution in [2.75, 3.05) is 4.90 Å². The lowest BCUT2D eigenvalue weighted by molar-refractivity contribution is 0.490. The van der Waals surface area contributed by atoms with Gasteiger partial charge < -0.3 is 4.90 Å². The molecule has 0 fully saturated rings. The SMILES string of the molecule is CCC1(CC)c2ccccc2-c2ccc(N(c3ccccc3)c3ccc(C)c(-c4ccccc4C)c3)cc21.CCc1ccc2c(c1)C(CC)(CC)c1ccccc1-2.Cc1ccccc1.Cc1ccccc1. The van der Waals surface area contributed by atoms with Gasteiger partial charge >= 0.3 is 0 Å². The Bertz CT molecular complexity index is 3120. The van der Waals surface area contributed by atoms with Crippen molar-refractivity contribution >= 4 is 17.1 Å². The topological polar surface area (TPSA) is 3.24 Å². The fourth-order valence-electron chi connectivity index (χ4n) is 11.3. The minimum atomic E-state index is 0.0455. The first-order valence-corrected chi connectivity index (χ1v) is 26.2. The quantitative estimate of drug-likeness (QED) is 0.139. The molecule has 0 N–H and O–H groups in total. The fraction of sp³-hybridized carbons (Fsp3) is 0.229. The zero-order chi connectivity index (χ0) is 50.0. The van der Waals surface area contributed by atoms with E-state index in [-0.39, 0.29) is 10.8 Å². The molecule has 0 aliphatic heterocycles. The molecule has 0 radical (unpaired) electrons. The van der Waals surface area contributed by atoms with Gasteiger partial charge in [0.05, 0.1) is 0 Å². The minimum Gasteiger partial charge on any atom is -0.310 e. The first-order chi connectivity index (χ1) is 34.6. The van der Waals surface area contributed by atoms with Crippen molar-refractivity contribution in [2.24, 2.45) is 0 Å². The molecule has 0 unspecified atom stereocenters. The number of aryl methyl sites for hydroxylation is 5. The van der Waals surface area contributed by atoms with Crippen LogP contribution in [0.2, 0.25) is 0 Å². The van der Waals surface area contributed by atoms with E-state index in [2.05, 4.69) is 249 Å². The number of rotatable bonds is 9. The largest absolute Gasteiger partial charge is 0.310 e. The lowest BCUT2D eigenvalue weighted by Gasteiger charge is -2.32. The summed E-state index contributed by atoms with van der Waals surface area (Å²) < 4.78 is 0. The Balaban J connectivity index is 0.000000167. The van der Waals surface area contributed by atoms with E-state index in [1.807, 2.05) is 36.4 Å². The van der Waals surface area contributed by atoms with Crippen LogP contribution >= 0.6 is 0 Å². The molecule has 9 aromatic rings. The van der Waals surface area contributed by atoms with Gasteiger partial charge in [-0.3, -0.25) is 0 Å². The number of hydrogen-bond donors (Lipinski definition) is 0. The molecule has 0 bridgehead atoms. The Kier molecular flexibility index (Phi) is 16.0. The summed E-state index contributed by atoms with van der Waals surface area (Å²) in [7, 11) is 0. The first-order valence-electron chi connectivity index (χ1n) is 26.2. The lowest BCUT2D eigenvalue weighted by atomic mass is 9.73.